The molecule has 0 spiro atoms. The Morgan fingerprint density at radius 3 is 2.44 bits per heavy atom. The molecule has 0 unspecified atom stereocenters. The number of rotatable bonds is 1. The number of oxime groups is 1. The number of aliphatic carboxylic acids is 1. The van der Waals surface area contributed by atoms with Crippen LogP contribution in [0.2, 0.25) is 0 Å². The molecule has 0 bridgehead atoms. The van der Waals surface area contributed by atoms with Crippen LogP contribution in [0.4, 0.5) is 0 Å². The Labute approximate surface area is 56.6 Å². The number of carboxylic acid groups (broad SMARTS) is 1. The second-order valence-corrected chi connectivity index (χ2v) is 2.40. The van der Waals surface area contributed by atoms with E-state index in [9.17, 15) is 4.79 Å². The Balaban J connectivity index is 3.85. The monoisotopic (exact) mass is 149 g/mol. The minimum absolute atomic E-state index is 0.266. The molecule has 0 aliphatic heterocycles. The fraction of sp³-hybridized carbons (Fsp3) is 0.500. The molecule has 0 amide bonds. The summed E-state index contributed by atoms with van der Waals surface area (Å²) in [6, 6.07) is 0. The first-order chi connectivity index (χ1) is 4.22. The summed E-state index contributed by atoms with van der Waals surface area (Å²) in [6.45, 7) is 1.78. The van der Waals surface area contributed by atoms with Crippen molar-refractivity contribution < 1.29 is 15.1 Å². The van der Waals surface area contributed by atoms with Crippen molar-refractivity contribution in [2.45, 2.75) is 6.92 Å². The molecule has 5 heteroatoms. The first-order valence-corrected chi connectivity index (χ1v) is 3.29. The summed E-state index contributed by atoms with van der Waals surface area (Å²) in [6.07, 6.45) is 0. The molecule has 9 heavy (non-hydrogen) atoms. The normalized spacial score (nSPS) is 11.4. The standard InChI is InChI=1S/C4H7NO3S/c1-2-9-3(5-8)4(6)7/h8H,2H2,1H3,(H,6,7). The molecule has 0 fully saturated rings. The lowest BCUT2D eigenvalue weighted by Gasteiger charge is -1.91. The molecule has 0 aliphatic carbocycles. The van der Waals surface area contributed by atoms with Gasteiger partial charge in [-0.1, -0.05) is 23.8 Å². The molecule has 0 radical (unpaired) electrons. The minimum atomic E-state index is -1.19. The molecule has 0 aromatic carbocycles. The lowest BCUT2D eigenvalue weighted by atomic mass is 10.8. The van der Waals surface area contributed by atoms with E-state index in [1.165, 1.54) is 0 Å². The van der Waals surface area contributed by atoms with Crippen molar-refractivity contribution in [3.8, 4) is 0 Å². The highest BCUT2D eigenvalue weighted by Gasteiger charge is 2.07. The van der Waals surface area contributed by atoms with Crippen LogP contribution in [0.15, 0.2) is 5.16 Å². The van der Waals surface area contributed by atoms with Crippen LogP contribution in [-0.2, 0) is 4.79 Å². The second-order valence-electron chi connectivity index (χ2n) is 1.14. The third-order valence-corrected chi connectivity index (χ3v) is 1.37. The highest BCUT2D eigenvalue weighted by Crippen LogP contribution is 2.01. The zero-order chi connectivity index (χ0) is 7.28. The lowest BCUT2D eigenvalue weighted by molar-refractivity contribution is -0.129. The van der Waals surface area contributed by atoms with E-state index < -0.39 is 5.97 Å². The van der Waals surface area contributed by atoms with E-state index in [1.54, 1.807) is 6.92 Å². The van der Waals surface area contributed by atoms with Crippen molar-refractivity contribution >= 4 is 22.8 Å². The number of nitrogens with zero attached hydrogens (tertiary/aromatic N) is 1. The molecule has 2 N–H and O–H groups in total. The van der Waals surface area contributed by atoms with Crippen molar-refractivity contribution in [1.82, 2.24) is 0 Å². The summed E-state index contributed by atoms with van der Waals surface area (Å²) >= 11 is 0.985. The molecule has 0 aromatic heterocycles. The Morgan fingerprint density at radius 2 is 2.33 bits per heavy atom. The zero-order valence-electron chi connectivity index (χ0n) is 4.87. The summed E-state index contributed by atoms with van der Waals surface area (Å²) in [5, 5.41) is 18.5. The number of thioether (sulfide) groups is 1. The maximum absolute atomic E-state index is 10.0. The molecule has 0 saturated carbocycles. The summed E-state index contributed by atoms with van der Waals surface area (Å²) in [5.41, 5.74) is 0. The van der Waals surface area contributed by atoms with Gasteiger partial charge in [0, 0.05) is 0 Å². The number of carboxylic acids is 1. The van der Waals surface area contributed by atoms with Crippen LogP contribution in [0.25, 0.3) is 0 Å². The van der Waals surface area contributed by atoms with Crippen molar-refractivity contribution in [3.05, 3.63) is 0 Å². The van der Waals surface area contributed by atoms with Crippen molar-refractivity contribution in [3.63, 3.8) is 0 Å². The van der Waals surface area contributed by atoms with E-state index in [1.807, 2.05) is 0 Å². The average molecular weight is 149 g/mol. The third kappa shape index (κ3) is 2.97. The van der Waals surface area contributed by atoms with Crippen molar-refractivity contribution in [2.75, 3.05) is 5.75 Å². The second kappa shape index (κ2) is 4.20. The van der Waals surface area contributed by atoms with E-state index >= 15 is 0 Å². The molecule has 0 saturated heterocycles. The van der Waals surface area contributed by atoms with Gasteiger partial charge in [-0.15, -0.1) is 0 Å². The van der Waals surface area contributed by atoms with Crippen LogP contribution in [0, 0.1) is 0 Å². The predicted octanol–water partition coefficient (Wildman–Crippen LogP) is 0.612. The number of carbonyl (C=O) groups is 1. The van der Waals surface area contributed by atoms with Gasteiger partial charge < -0.3 is 10.3 Å². The summed E-state index contributed by atoms with van der Waals surface area (Å²) < 4.78 is 0. The van der Waals surface area contributed by atoms with E-state index in [0.29, 0.717) is 5.75 Å². The Morgan fingerprint density at radius 1 is 1.78 bits per heavy atom. The van der Waals surface area contributed by atoms with Crippen molar-refractivity contribution in [2.24, 2.45) is 5.16 Å². The predicted molar refractivity (Wildman–Crippen MR) is 35.0 cm³/mol. The van der Waals surface area contributed by atoms with Crippen LogP contribution in [0.3, 0.4) is 0 Å². The maximum atomic E-state index is 10.0. The van der Waals surface area contributed by atoms with E-state index in [-0.39, 0.29) is 5.04 Å². The van der Waals surface area contributed by atoms with Gasteiger partial charge in [-0.3, -0.25) is 0 Å². The Kier molecular flexibility index (Phi) is 3.87. The van der Waals surface area contributed by atoms with Crippen molar-refractivity contribution in [1.29, 1.82) is 0 Å². The summed E-state index contributed by atoms with van der Waals surface area (Å²) in [5.74, 6) is -0.601. The average Bonchev–Trinajstić information content (AvgIpc) is 1.82. The van der Waals surface area contributed by atoms with Gasteiger partial charge in [-0.25, -0.2) is 4.79 Å². The van der Waals surface area contributed by atoms with Gasteiger partial charge in [-0.05, 0) is 5.75 Å². The topological polar surface area (TPSA) is 69.9 Å². The molecular formula is C4H7NO3S. The molecule has 4 nitrogen and oxygen atoms in total. The minimum Gasteiger partial charge on any atom is -0.476 e. The molecule has 0 aromatic rings. The van der Waals surface area contributed by atoms with E-state index in [0.717, 1.165) is 11.8 Å². The molecule has 0 atom stereocenters. The largest absolute Gasteiger partial charge is 0.476 e. The van der Waals surface area contributed by atoms with Gasteiger partial charge in [0.1, 0.15) is 0 Å². The maximum Gasteiger partial charge on any atom is 0.364 e. The molecule has 52 valence electrons. The quantitative estimate of drug-likeness (QED) is 0.248. The van der Waals surface area contributed by atoms with Crippen LogP contribution in [0.1, 0.15) is 6.92 Å². The highest BCUT2D eigenvalue weighted by atomic mass is 32.2. The number of hydrogen-bond donors (Lipinski definition) is 2. The summed E-state index contributed by atoms with van der Waals surface area (Å²) in [7, 11) is 0. The van der Waals surface area contributed by atoms with E-state index in [2.05, 4.69) is 5.16 Å². The Hall–Kier alpha value is -0.710. The fourth-order valence-electron chi connectivity index (χ4n) is 0.270. The number of hydrogen-bond acceptors (Lipinski definition) is 4. The molecule has 0 aliphatic rings. The fourth-order valence-corrected chi connectivity index (χ4v) is 0.725. The van der Waals surface area contributed by atoms with Gasteiger partial charge in [0.05, 0.1) is 0 Å². The SMILES string of the molecule is CCSC(=NO)C(=O)O. The first-order valence-electron chi connectivity index (χ1n) is 2.30. The summed E-state index contributed by atoms with van der Waals surface area (Å²) in [4.78, 5) is 10.0. The molecule has 0 heterocycles. The van der Waals surface area contributed by atoms with Gasteiger partial charge >= 0.3 is 5.97 Å². The van der Waals surface area contributed by atoms with Crippen LogP contribution in [-0.4, -0.2) is 27.1 Å². The lowest BCUT2D eigenvalue weighted by Crippen LogP contribution is -2.08. The molecule has 0 rings (SSSR count). The first kappa shape index (κ1) is 8.29. The highest BCUT2D eigenvalue weighted by molar-refractivity contribution is 8.15. The Bertz CT molecular complexity index is 134. The molecular weight excluding hydrogens is 142 g/mol. The van der Waals surface area contributed by atoms with Gasteiger partial charge in [-0.2, -0.15) is 0 Å². The van der Waals surface area contributed by atoms with Crippen LogP contribution >= 0.6 is 11.8 Å². The van der Waals surface area contributed by atoms with Crippen LogP contribution < -0.4 is 0 Å². The third-order valence-electron chi connectivity index (χ3n) is 0.555. The van der Waals surface area contributed by atoms with Gasteiger partial charge in [0.15, 0.2) is 0 Å². The zero-order valence-corrected chi connectivity index (χ0v) is 5.68. The smallest absolute Gasteiger partial charge is 0.364 e. The van der Waals surface area contributed by atoms with Crippen LogP contribution in [0.5, 0.6) is 0 Å². The van der Waals surface area contributed by atoms with Gasteiger partial charge in [0.25, 0.3) is 0 Å². The van der Waals surface area contributed by atoms with Gasteiger partial charge in [0.2, 0.25) is 5.04 Å². The van der Waals surface area contributed by atoms with E-state index in [4.69, 9.17) is 10.3 Å².